The van der Waals surface area contributed by atoms with Crippen LogP contribution < -0.4 is 10.5 Å². The number of hydrogen-bond donors (Lipinski definition) is 1. The quantitative estimate of drug-likeness (QED) is 0.905. The zero-order valence-corrected chi connectivity index (χ0v) is 12.0. The Morgan fingerprint density at radius 3 is 2.74 bits per heavy atom. The van der Waals surface area contributed by atoms with Crippen molar-refractivity contribution in [2.45, 2.75) is 52.2 Å². The summed E-state index contributed by atoms with van der Waals surface area (Å²) < 4.78 is 19.8. The van der Waals surface area contributed by atoms with Crippen LogP contribution in [0, 0.1) is 24.6 Å². The van der Waals surface area contributed by atoms with E-state index in [1.807, 2.05) is 6.07 Å². The van der Waals surface area contributed by atoms with E-state index >= 15 is 0 Å². The van der Waals surface area contributed by atoms with Crippen molar-refractivity contribution in [3.05, 3.63) is 29.6 Å². The normalized spacial score (nSPS) is 27.6. The summed E-state index contributed by atoms with van der Waals surface area (Å²) in [5.41, 5.74) is 6.74. The minimum atomic E-state index is -0.263. The lowest BCUT2D eigenvalue weighted by Gasteiger charge is -2.36. The SMILES string of the molecule is Cc1cccc(OC2CC(C(C)C)CCC2N)c1F. The highest BCUT2D eigenvalue weighted by Gasteiger charge is 2.31. The molecule has 3 unspecified atom stereocenters. The molecule has 2 nitrogen and oxygen atoms in total. The molecule has 1 aliphatic rings. The fraction of sp³-hybridized carbons (Fsp3) is 0.625. The van der Waals surface area contributed by atoms with E-state index in [0.717, 1.165) is 19.3 Å². The van der Waals surface area contributed by atoms with E-state index in [0.29, 0.717) is 23.1 Å². The van der Waals surface area contributed by atoms with Crippen LogP contribution in [0.15, 0.2) is 18.2 Å². The van der Waals surface area contributed by atoms with Gasteiger partial charge < -0.3 is 10.5 Å². The fourth-order valence-electron chi connectivity index (χ4n) is 2.80. The molecule has 0 heterocycles. The Bertz CT molecular complexity index is 433. The van der Waals surface area contributed by atoms with Gasteiger partial charge in [-0.1, -0.05) is 26.0 Å². The topological polar surface area (TPSA) is 35.2 Å². The molecule has 1 fully saturated rings. The Morgan fingerprint density at radius 1 is 1.32 bits per heavy atom. The van der Waals surface area contributed by atoms with Gasteiger partial charge in [0.05, 0.1) is 0 Å². The van der Waals surface area contributed by atoms with E-state index in [-0.39, 0.29) is 18.0 Å². The van der Waals surface area contributed by atoms with Crippen molar-refractivity contribution < 1.29 is 9.13 Å². The van der Waals surface area contributed by atoms with Crippen LogP contribution in [0.1, 0.15) is 38.7 Å². The number of nitrogens with two attached hydrogens (primary N) is 1. The molecule has 0 radical (unpaired) electrons. The number of aryl methyl sites for hydroxylation is 1. The lowest BCUT2D eigenvalue weighted by Crippen LogP contribution is -2.44. The second-order valence-electron chi connectivity index (χ2n) is 6.02. The Hall–Kier alpha value is -1.09. The molecule has 19 heavy (non-hydrogen) atoms. The van der Waals surface area contributed by atoms with Crippen molar-refractivity contribution in [2.24, 2.45) is 17.6 Å². The summed E-state index contributed by atoms with van der Waals surface area (Å²) in [5, 5.41) is 0. The minimum Gasteiger partial charge on any atom is -0.486 e. The van der Waals surface area contributed by atoms with Gasteiger partial charge in [-0.15, -0.1) is 0 Å². The number of halogens is 1. The van der Waals surface area contributed by atoms with Crippen LogP contribution in [0.5, 0.6) is 5.75 Å². The van der Waals surface area contributed by atoms with E-state index < -0.39 is 0 Å². The van der Waals surface area contributed by atoms with Crippen LogP contribution in [0.3, 0.4) is 0 Å². The van der Waals surface area contributed by atoms with E-state index in [4.69, 9.17) is 10.5 Å². The smallest absolute Gasteiger partial charge is 0.167 e. The predicted octanol–water partition coefficient (Wildman–Crippen LogP) is 3.66. The van der Waals surface area contributed by atoms with Crippen LogP contribution in [0.2, 0.25) is 0 Å². The van der Waals surface area contributed by atoms with E-state index in [2.05, 4.69) is 13.8 Å². The third-order valence-electron chi connectivity index (χ3n) is 4.26. The summed E-state index contributed by atoms with van der Waals surface area (Å²) in [4.78, 5) is 0. The first-order valence-electron chi connectivity index (χ1n) is 7.16. The molecule has 106 valence electrons. The number of rotatable bonds is 3. The van der Waals surface area contributed by atoms with Gasteiger partial charge in [0.1, 0.15) is 6.10 Å². The lowest BCUT2D eigenvalue weighted by atomic mass is 9.78. The average molecular weight is 265 g/mol. The Morgan fingerprint density at radius 2 is 2.05 bits per heavy atom. The van der Waals surface area contributed by atoms with Crippen molar-refractivity contribution in [1.29, 1.82) is 0 Å². The molecular formula is C16H24FNO. The first-order valence-corrected chi connectivity index (χ1v) is 7.16. The van der Waals surface area contributed by atoms with Crippen molar-refractivity contribution in [3.63, 3.8) is 0 Å². The zero-order chi connectivity index (χ0) is 14.0. The summed E-state index contributed by atoms with van der Waals surface area (Å²) in [7, 11) is 0. The van der Waals surface area contributed by atoms with Gasteiger partial charge >= 0.3 is 0 Å². The Kier molecular flexibility index (Phi) is 4.46. The molecule has 2 N–H and O–H groups in total. The Labute approximate surface area is 115 Å². The highest BCUT2D eigenvalue weighted by molar-refractivity contribution is 5.30. The monoisotopic (exact) mass is 265 g/mol. The third kappa shape index (κ3) is 3.27. The summed E-state index contributed by atoms with van der Waals surface area (Å²) >= 11 is 0. The van der Waals surface area contributed by atoms with E-state index in [1.54, 1.807) is 19.1 Å². The fourth-order valence-corrected chi connectivity index (χ4v) is 2.80. The molecule has 1 saturated carbocycles. The molecule has 1 aromatic carbocycles. The lowest BCUT2D eigenvalue weighted by molar-refractivity contribution is 0.0832. The molecule has 0 amide bonds. The second-order valence-corrected chi connectivity index (χ2v) is 6.02. The van der Waals surface area contributed by atoms with Gasteiger partial charge in [0, 0.05) is 6.04 Å². The third-order valence-corrected chi connectivity index (χ3v) is 4.26. The molecule has 0 aliphatic heterocycles. The molecule has 0 saturated heterocycles. The first kappa shape index (κ1) is 14.3. The van der Waals surface area contributed by atoms with Crippen LogP contribution >= 0.6 is 0 Å². The van der Waals surface area contributed by atoms with Gasteiger partial charge in [-0.3, -0.25) is 0 Å². The van der Waals surface area contributed by atoms with Crippen LogP contribution in [-0.2, 0) is 0 Å². The van der Waals surface area contributed by atoms with Crippen molar-refractivity contribution in [1.82, 2.24) is 0 Å². The second kappa shape index (κ2) is 5.91. The van der Waals surface area contributed by atoms with E-state index in [1.165, 1.54) is 0 Å². The zero-order valence-electron chi connectivity index (χ0n) is 12.0. The molecule has 3 atom stereocenters. The minimum absolute atomic E-state index is 0.00918. The highest BCUT2D eigenvalue weighted by Crippen LogP contribution is 2.32. The number of ether oxygens (including phenoxy) is 1. The maximum absolute atomic E-state index is 14.0. The van der Waals surface area contributed by atoms with Gasteiger partial charge in [-0.05, 0) is 49.7 Å². The molecule has 3 heteroatoms. The van der Waals surface area contributed by atoms with Crippen molar-refractivity contribution >= 4 is 0 Å². The van der Waals surface area contributed by atoms with Gasteiger partial charge in [0.25, 0.3) is 0 Å². The molecule has 0 bridgehead atoms. The first-order chi connectivity index (χ1) is 8.99. The maximum Gasteiger partial charge on any atom is 0.167 e. The van der Waals surface area contributed by atoms with Crippen LogP contribution in [-0.4, -0.2) is 12.1 Å². The summed E-state index contributed by atoms with van der Waals surface area (Å²) in [5.74, 6) is 1.32. The van der Waals surface area contributed by atoms with Crippen LogP contribution in [0.25, 0.3) is 0 Å². The molecule has 2 rings (SSSR count). The molecular weight excluding hydrogens is 241 g/mol. The Balaban J connectivity index is 2.10. The van der Waals surface area contributed by atoms with Gasteiger partial charge in [-0.25, -0.2) is 4.39 Å². The van der Waals surface area contributed by atoms with Crippen molar-refractivity contribution in [2.75, 3.05) is 0 Å². The van der Waals surface area contributed by atoms with Gasteiger partial charge in [-0.2, -0.15) is 0 Å². The molecule has 0 aromatic heterocycles. The van der Waals surface area contributed by atoms with Gasteiger partial charge in [0.2, 0.25) is 0 Å². The van der Waals surface area contributed by atoms with Crippen molar-refractivity contribution in [3.8, 4) is 5.75 Å². The largest absolute Gasteiger partial charge is 0.486 e. The summed E-state index contributed by atoms with van der Waals surface area (Å²) in [6.07, 6.45) is 2.96. The predicted molar refractivity (Wildman–Crippen MR) is 75.7 cm³/mol. The van der Waals surface area contributed by atoms with Crippen LogP contribution in [0.4, 0.5) is 4.39 Å². The molecule has 0 spiro atoms. The summed E-state index contributed by atoms with van der Waals surface area (Å²) in [6, 6.07) is 5.27. The molecule has 1 aromatic rings. The summed E-state index contributed by atoms with van der Waals surface area (Å²) in [6.45, 7) is 6.21. The number of benzene rings is 1. The van der Waals surface area contributed by atoms with Gasteiger partial charge in [0.15, 0.2) is 11.6 Å². The highest BCUT2D eigenvalue weighted by atomic mass is 19.1. The molecule has 1 aliphatic carbocycles. The van der Waals surface area contributed by atoms with E-state index in [9.17, 15) is 4.39 Å². The number of hydrogen-bond acceptors (Lipinski definition) is 2. The maximum atomic E-state index is 14.0. The average Bonchev–Trinajstić information content (AvgIpc) is 2.37. The standard InChI is InChI=1S/C16H24FNO/c1-10(2)12-7-8-13(18)15(9-12)19-14-6-4-5-11(3)16(14)17/h4-6,10,12-13,15H,7-9,18H2,1-3H3.